The number of anilines is 1. The molecule has 0 radical (unpaired) electrons. The summed E-state index contributed by atoms with van der Waals surface area (Å²) in [5.74, 6) is -0.00728. The van der Waals surface area contributed by atoms with E-state index in [4.69, 9.17) is 9.47 Å². The molecule has 0 bridgehead atoms. The maximum atomic E-state index is 13.6. The van der Waals surface area contributed by atoms with Gasteiger partial charge in [0.1, 0.15) is 11.6 Å². The normalized spacial score (nSPS) is 19.4. The molecule has 0 aliphatic carbocycles. The van der Waals surface area contributed by atoms with Gasteiger partial charge in [-0.15, -0.1) is 0 Å². The van der Waals surface area contributed by atoms with Crippen molar-refractivity contribution in [2.24, 2.45) is 0 Å². The first-order valence-corrected chi connectivity index (χ1v) is 8.07. The molecule has 1 aliphatic heterocycles. The number of nitrogens with zero attached hydrogens (tertiary/aromatic N) is 2. The van der Waals surface area contributed by atoms with Crippen molar-refractivity contribution in [1.82, 2.24) is 9.78 Å². The van der Waals surface area contributed by atoms with Crippen LogP contribution < -0.4 is 10.1 Å². The van der Waals surface area contributed by atoms with E-state index in [1.807, 2.05) is 0 Å². The number of esters is 1. The van der Waals surface area contributed by atoms with Crippen LogP contribution in [0.4, 0.5) is 19.0 Å². The SMILES string of the molecule is CCOC(=O)c1cc2n(n1)C(C(F)(F)F)CC(c1ccc(OC)cc1)N2. The summed E-state index contributed by atoms with van der Waals surface area (Å²) >= 11 is 0. The van der Waals surface area contributed by atoms with Crippen LogP contribution in [0, 0.1) is 0 Å². The van der Waals surface area contributed by atoms with Crippen molar-refractivity contribution in [1.29, 1.82) is 0 Å². The summed E-state index contributed by atoms with van der Waals surface area (Å²) in [6.45, 7) is 1.73. The van der Waals surface area contributed by atoms with E-state index >= 15 is 0 Å². The molecular formula is C17H18F3N3O3. The first kappa shape index (κ1) is 18.1. The van der Waals surface area contributed by atoms with Crippen molar-refractivity contribution in [3.8, 4) is 5.75 Å². The van der Waals surface area contributed by atoms with E-state index < -0.39 is 24.2 Å². The molecule has 2 unspecified atom stereocenters. The van der Waals surface area contributed by atoms with Crippen LogP contribution in [0.1, 0.15) is 41.5 Å². The minimum atomic E-state index is -4.50. The van der Waals surface area contributed by atoms with Gasteiger partial charge in [-0.05, 0) is 24.6 Å². The quantitative estimate of drug-likeness (QED) is 0.832. The Morgan fingerprint density at radius 2 is 2.04 bits per heavy atom. The molecule has 1 aromatic carbocycles. The number of carbonyl (C=O) groups is 1. The van der Waals surface area contributed by atoms with Crippen LogP contribution in [0.25, 0.3) is 0 Å². The molecule has 6 nitrogen and oxygen atoms in total. The van der Waals surface area contributed by atoms with Crippen LogP contribution in [0.2, 0.25) is 0 Å². The van der Waals surface area contributed by atoms with Gasteiger partial charge in [-0.2, -0.15) is 18.3 Å². The summed E-state index contributed by atoms with van der Waals surface area (Å²) in [7, 11) is 1.52. The Balaban J connectivity index is 1.95. The summed E-state index contributed by atoms with van der Waals surface area (Å²) in [5, 5.41) is 6.83. The highest BCUT2D eigenvalue weighted by Gasteiger charge is 2.46. The van der Waals surface area contributed by atoms with Gasteiger partial charge in [-0.1, -0.05) is 12.1 Å². The second-order valence-corrected chi connectivity index (χ2v) is 5.84. The highest BCUT2D eigenvalue weighted by Crippen LogP contribution is 2.43. The average Bonchev–Trinajstić information content (AvgIpc) is 3.04. The molecule has 26 heavy (non-hydrogen) atoms. The number of nitrogens with one attached hydrogen (secondary N) is 1. The van der Waals surface area contributed by atoms with Gasteiger partial charge in [0.05, 0.1) is 19.8 Å². The standard InChI is InChI=1S/C17H18F3N3O3/c1-3-26-16(24)13-9-15-21-12(10-4-6-11(25-2)7-5-10)8-14(17(18,19)20)23(15)22-13/h4-7,9,12,14,21H,3,8H2,1-2H3. The van der Waals surface area contributed by atoms with E-state index in [2.05, 4.69) is 10.4 Å². The molecular weight excluding hydrogens is 351 g/mol. The average molecular weight is 369 g/mol. The first-order valence-electron chi connectivity index (χ1n) is 8.07. The number of rotatable bonds is 4. The fraction of sp³-hybridized carbons (Fsp3) is 0.412. The Morgan fingerprint density at radius 1 is 1.35 bits per heavy atom. The summed E-state index contributed by atoms with van der Waals surface area (Å²) in [5.41, 5.74) is 0.532. The number of aromatic nitrogens is 2. The zero-order chi connectivity index (χ0) is 18.9. The van der Waals surface area contributed by atoms with Gasteiger partial charge in [0.15, 0.2) is 11.7 Å². The van der Waals surface area contributed by atoms with Gasteiger partial charge in [0.2, 0.25) is 0 Å². The van der Waals surface area contributed by atoms with E-state index in [0.717, 1.165) is 4.68 Å². The first-order chi connectivity index (χ1) is 12.3. The Kier molecular flexibility index (Phi) is 4.80. The van der Waals surface area contributed by atoms with Gasteiger partial charge < -0.3 is 14.8 Å². The van der Waals surface area contributed by atoms with Crippen molar-refractivity contribution in [2.45, 2.75) is 31.6 Å². The van der Waals surface area contributed by atoms with Crippen molar-refractivity contribution in [3.63, 3.8) is 0 Å². The molecule has 0 spiro atoms. The molecule has 1 aliphatic rings. The third kappa shape index (κ3) is 3.47. The highest BCUT2D eigenvalue weighted by atomic mass is 19.4. The molecule has 0 saturated heterocycles. The number of alkyl halides is 3. The molecule has 9 heteroatoms. The number of halogens is 3. The third-order valence-electron chi connectivity index (χ3n) is 4.19. The zero-order valence-corrected chi connectivity index (χ0v) is 14.2. The van der Waals surface area contributed by atoms with E-state index in [1.165, 1.54) is 13.2 Å². The molecule has 2 heterocycles. The molecule has 0 saturated carbocycles. The fourth-order valence-electron chi connectivity index (χ4n) is 2.93. The van der Waals surface area contributed by atoms with Gasteiger partial charge in [-0.25, -0.2) is 9.48 Å². The van der Waals surface area contributed by atoms with E-state index in [1.54, 1.807) is 31.2 Å². The molecule has 1 aromatic heterocycles. The van der Waals surface area contributed by atoms with Crippen molar-refractivity contribution >= 4 is 11.8 Å². The second kappa shape index (κ2) is 6.89. The van der Waals surface area contributed by atoms with Gasteiger partial charge in [-0.3, -0.25) is 0 Å². The second-order valence-electron chi connectivity index (χ2n) is 5.84. The Bertz CT molecular complexity index is 787. The maximum Gasteiger partial charge on any atom is 0.410 e. The van der Waals surface area contributed by atoms with Gasteiger partial charge >= 0.3 is 12.1 Å². The summed E-state index contributed by atoms with van der Waals surface area (Å²) in [6, 6.07) is 5.67. The molecule has 0 fully saturated rings. The largest absolute Gasteiger partial charge is 0.497 e. The van der Waals surface area contributed by atoms with Crippen LogP contribution >= 0.6 is 0 Å². The minimum Gasteiger partial charge on any atom is -0.497 e. The number of ether oxygens (including phenoxy) is 2. The van der Waals surface area contributed by atoms with Crippen LogP contribution in [0.15, 0.2) is 30.3 Å². The van der Waals surface area contributed by atoms with Crippen LogP contribution in [0.5, 0.6) is 5.75 Å². The lowest BCUT2D eigenvalue weighted by molar-refractivity contribution is -0.173. The van der Waals surface area contributed by atoms with E-state index in [-0.39, 0.29) is 24.5 Å². The highest BCUT2D eigenvalue weighted by molar-refractivity contribution is 5.88. The lowest BCUT2D eigenvalue weighted by atomic mass is 9.97. The molecule has 2 aromatic rings. The topological polar surface area (TPSA) is 65.4 Å². The van der Waals surface area contributed by atoms with Gasteiger partial charge in [0, 0.05) is 12.5 Å². The number of hydrogen-bond donors (Lipinski definition) is 1. The number of carbonyl (C=O) groups excluding carboxylic acids is 1. The van der Waals surface area contributed by atoms with Crippen LogP contribution in [-0.4, -0.2) is 35.6 Å². The number of hydrogen-bond acceptors (Lipinski definition) is 5. The molecule has 2 atom stereocenters. The zero-order valence-electron chi connectivity index (χ0n) is 14.2. The fourth-order valence-corrected chi connectivity index (χ4v) is 2.93. The van der Waals surface area contributed by atoms with Crippen LogP contribution in [0.3, 0.4) is 0 Å². The van der Waals surface area contributed by atoms with Crippen LogP contribution in [-0.2, 0) is 4.74 Å². The van der Waals surface area contributed by atoms with E-state index in [9.17, 15) is 18.0 Å². The smallest absolute Gasteiger partial charge is 0.410 e. The van der Waals surface area contributed by atoms with Gasteiger partial charge in [0.25, 0.3) is 0 Å². The Labute approximate surface area is 147 Å². The third-order valence-corrected chi connectivity index (χ3v) is 4.19. The lowest BCUT2D eigenvalue weighted by Crippen LogP contribution is -2.35. The van der Waals surface area contributed by atoms with Crippen molar-refractivity contribution < 1.29 is 27.4 Å². The Morgan fingerprint density at radius 3 is 2.62 bits per heavy atom. The summed E-state index contributed by atoms with van der Waals surface area (Å²) in [4.78, 5) is 11.8. The minimum absolute atomic E-state index is 0.117. The van der Waals surface area contributed by atoms with Crippen molar-refractivity contribution in [2.75, 3.05) is 19.0 Å². The molecule has 1 N–H and O–H groups in total. The van der Waals surface area contributed by atoms with E-state index in [0.29, 0.717) is 11.3 Å². The molecule has 140 valence electrons. The maximum absolute atomic E-state index is 13.6. The predicted octanol–water partition coefficient (Wildman–Crippen LogP) is 3.73. The number of methoxy groups -OCH3 is 1. The molecule has 0 amide bonds. The lowest BCUT2D eigenvalue weighted by Gasteiger charge is -2.33. The van der Waals surface area contributed by atoms with Crippen molar-refractivity contribution in [3.05, 3.63) is 41.6 Å². The summed E-state index contributed by atoms with van der Waals surface area (Å²) < 4.78 is 51.4. The monoisotopic (exact) mass is 369 g/mol. The number of benzene rings is 1. The molecule has 3 rings (SSSR count). The number of fused-ring (bicyclic) bond motifs is 1. The Hall–Kier alpha value is -2.71. The predicted molar refractivity (Wildman–Crippen MR) is 87.3 cm³/mol. The summed E-state index contributed by atoms with van der Waals surface area (Å²) in [6.07, 6.45) is -4.74.